The van der Waals surface area contributed by atoms with Crippen LogP contribution in [-0.2, 0) is 19.0 Å². The van der Waals surface area contributed by atoms with Crippen LogP contribution in [0.3, 0.4) is 0 Å². The number of likely N-dealkylation sites (tertiary alicyclic amines) is 1. The van der Waals surface area contributed by atoms with E-state index in [4.69, 9.17) is 18.9 Å². The van der Waals surface area contributed by atoms with Crippen LogP contribution in [0.4, 0.5) is 13.6 Å². The summed E-state index contributed by atoms with van der Waals surface area (Å²) in [6.45, 7) is 9.22. The number of esters is 2. The summed E-state index contributed by atoms with van der Waals surface area (Å²) in [6.07, 6.45) is 1.20. The summed E-state index contributed by atoms with van der Waals surface area (Å²) in [5.74, 6) is -3.53. The van der Waals surface area contributed by atoms with Gasteiger partial charge in [-0.05, 0) is 78.2 Å². The number of hydrogen-bond acceptors (Lipinski definition) is 7. The van der Waals surface area contributed by atoms with Crippen molar-refractivity contribution >= 4 is 18.0 Å². The molecule has 1 aromatic rings. The highest BCUT2D eigenvalue weighted by molar-refractivity contribution is 5.92. The average Bonchev–Trinajstić information content (AvgIpc) is 2.79. The standard InChI is InChI=1S/C26H35F2NO7/c1-6-33-23(30)18-12-19(27)20(28)13-22(18)35-17-9-8-15-14-29(25(32)36-26(3,4)5)21(11-16(15)10-17)24(31)34-7-2/h12-13,15-17,21H,6-11,14H2,1-5H3/t15-,16-,17-,21-/m0/s1. The summed E-state index contributed by atoms with van der Waals surface area (Å²) >= 11 is 0. The number of piperidine rings is 1. The van der Waals surface area contributed by atoms with Crippen molar-refractivity contribution in [3.8, 4) is 5.75 Å². The van der Waals surface area contributed by atoms with Crippen molar-refractivity contribution in [2.24, 2.45) is 11.8 Å². The molecule has 1 amide bonds. The molecule has 8 nitrogen and oxygen atoms in total. The van der Waals surface area contributed by atoms with Crippen molar-refractivity contribution in [1.82, 2.24) is 4.90 Å². The number of ether oxygens (including phenoxy) is 4. The largest absolute Gasteiger partial charge is 0.489 e. The molecule has 0 radical (unpaired) electrons. The number of nitrogens with zero attached hydrogens (tertiary/aromatic N) is 1. The topological polar surface area (TPSA) is 91.4 Å². The molecule has 36 heavy (non-hydrogen) atoms. The second kappa shape index (κ2) is 11.4. The van der Waals surface area contributed by atoms with Crippen molar-refractivity contribution in [1.29, 1.82) is 0 Å². The zero-order valence-corrected chi connectivity index (χ0v) is 21.5. The second-order valence-electron chi connectivity index (χ2n) is 10.2. The molecule has 1 heterocycles. The van der Waals surface area contributed by atoms with E-state index in [-0.39, 0.29) is 42.5 Å². The lowest BCUT2D eigenvalue weighted by Crippen LogP contribution is -2.56. The predicted octanol–water partition coefficient (Wildman–Crippen LogP) is 4.88. The molecule has 2 aliphatic rings. The highest BCUT2D eigenvalue weighted by atomic mass is 19.2. The molecule has 1 saturated heterocycles. The fourth-order valence-electron chi connectivity index (χ4n) is 4.87. The van der Waals surface area contributed by atoms with E-state index in [0.717, 1.165) is 12.1 Å². The molecule has 0 N–H and O–H groups in total. The number of carbonyl (C=O) groups excluding carboxylic acids is 3. The zero-order valence-electron chi connectivity index (χ0n) is 21.5. The molecule has 0 spiro atoms. The van der Waals surface area contributed by atoms with E-state index in [1.807, 2.05) is 0 Å². The highest BCUT2D eigenvalue weighted by Gasteiger charge is 2.46. The highest BCUT2D eigenvalue weighted by Crippen LogP contribution is 2.41. The van der Waals surface area contributed by atoms with Crippen molar-refractivity contribution in [2.75, 3.05) is 19.8 Å². The first kappa shape index (κ1) is 27.7. The second-order valence-corrected chi connectivity index (χ2v) is 10.2. The minimum Gasteiger partial charge on any atom is -0.489 e. The fourth-order valence-corrected chi connectivity index (χ4v) is 4.87. The van der Waals surface area contributed by atoms with Gasteiger partial charge in [-0.25, -0.2) is 23.2 Å². The Morgan fingerprint density at radius 1 is 0.972 bits per heavy atom. The van der Waals surface area contributed by atoms with E-state index in [1.54, 1.807) is 34.6 Å². The van der Waals surface area contributed by atoms with E-state index in [9.17, 15) is 23.2 Å². The van der Waals surface area contributed by atoms with E-state index in [2.05, 4.69) is 0 Å². The van der Waals surface area contributed by atoms with Crippen molar-refractivity contribution in [2.45, 2.75) is 78.0 Å². The number of fused-ring (bicyclic) bond motifs is 1. The monoisotopic (exact) mass is 511 g/mol. The molecule has 1 aromatic carbocycles. The number of rotatable bonds is 6. The van der Waals surface area contributed by atoms with Crippen molar-refractivity contribution in [3.63, 3.8) is 0 Å². The van der Waals surface area contributed by atoms with Gasteiger partial charge in [-0.3, -0.25) is 4.90 Å². The molecule has 4 atom stereocenters. The van der Waals surface area contributed by atoms with Gasteiger partial charge in [0.15, 0.2) is 11.6 Å². The quantitative estimate of drug-likeness (QED) is 0.397. The van der Waals surface area contributed by atoms with E-state index >= 15 is 0 Å². The lowest BCUT2D eigenvalue weighted by atomic mass is 9.72. The van der Waals surface area contributed by atoms with Crippen LogP contribution in [0.2, 0.25) is 0 Å². The van der Waals surface area contributed by atoms with Crippen LogP contribution in [0.15, 0.2) is 12.1 Å². The van der Waals surface area contributed by atoms with Gasteiger partial charge < -0.3 is 18.9 Å². The van der Waals surface area contributed by atoms with Gasteiger partial charge in [0, 0.05) is 12.6 Å². The lowest BCUT2D eigenvalue weighted by Gasteiger charge is -2.46. The smallest absolute Gasteiger partial charge is 0.411 e. The summed E-state index contributed by atoms with van der Waals surface area (Å²) in [5, 5.41) is 0. The van der Waals surface area contributed by atoms with Gasteiger partial charge in [-0.2, -0.15) is 0 Å². The van der Waals surface area contributed by atoms with Gasteiger partial charge in [0.25, 0.3) is 0 Å². The number of amides is 1. The van der Waals surface area contributed by atoms with Crippen LogP contribution >= 0.6 is 0 Å². The fraction of sp³-hybridized carbons (Fsp3) is 0.654. The summed E-state index contributed by atoms with van der Waals surface area (Å²) in [4.78, 5) is 39.4. The Bertz CT molecular complexity index is 978. The van der Waals surface area contributed by atoms with Crippen LogP contribution in [0.5, 0.6) is 5.75 Å². The molecule has 1 saturated carbocycles. The Kier molecular flexibility index (Phi) is 8.79. The van der Waals surface area contributed by atoms with Gasteiger partial charge in [0.2, 0.25) is 0 Å². The normalized spacial score (nSPS) is 23.9. The van der Waals surface area contributed by atoms with E-state index in [0.29, 0.717) is 32.2 Å². The van der Waals surface area contributed by atoms with Crippen LogP contribution < -0.4 is 4.74 Å². The minimum absolute atomic E-state index is 0.0215. The van der Waals surface area contributed by atoms with Gasteiger partial charge in [0.05, 0.1) is 19.3 Å². The SMILES string of the molecule is CCOC(=O)c1cc(F)c(F)cc1O[C@H]1CC[C@H]2CN(C(=O)OC(C)(C)C)[C@H](C(=O)OCC)C[C@@H]2C1. The van der Waals surface area contributed by atoms with E-state index in [1.165, 1.54) is 4.90 Å². The van der Waals surface area contributed by atoms with Crippen molar-refractivity contribution < 1.29 is 42.1 Å². The lowest BCUT2D eigenvalue weighted by molar-refractivity contribution is -0.153. The van der Waals surface area contributed by atoms with Gasteiger partial charge in [-0.1, -0.05) is 0 Å². The van der Waals surface area contributed by atoms with Gasteiger partial charge >= 0.3 is 18.0 Å². The summed E-state index contributed by atoms with van der Waals surface area (Å²) in [5.41, 5.74) is -0.887. The molecule has 2 fully saturated rings. The molecule has 0 bridgehead atoms. The average molecular weight is 512 g/mol. The number of hydrogen-bond donors (Lipinski definition) is 0. The van der Waals surface area contributed by atoms with Crippen LogP contribution in [-0.4, -0.2) is 60.4 Å². The molecule has 3 rings (SSSR count). The molecular weight excluding hydrogens is 476 g/mol. The zero-order chi connectivity index (χ0) is 26.6. The number of carbonyl (C=O) groups is 3. The van der Waals surface area contributed by atoms with Gasteiger partial charge in [0.1, 0.15) is 23.0 Å². The van der Waals surface area contributed by atoms with Crippen LogP contribution in [0.1, 0.15) is 70.7 Å². The summed E-state index contributed by atoms with van der Waals surface area (Å²) < 4.78 is 49.5. The molecule has 200 valence electrons. The van der Waals surface area contributed by atoms with Gasteiger partial charge in [-0.15, -0.1) is 0 Å². The van der Waals surface area contributed by atoms with Crippen LogP contribution in [0, 0.1) is 23.5 Å². The first-order chi connectivity index (χ1) is 16.9. The maximum absolute atomic E-state index is 14.0. The Labute approximate surface area is 210 Å². The molecular formula is C26H35F2NO7. The van der Waals surface area contributed by atoms with Crippen molar-refractivity contribution in [3.05, 3.63) is 29.3 Å². The molecule has 10 heteroatoms. The Morgan fingerprint density at radius 3 is 2.28 bits per heavy atom. The predicted molar refractivity (Wildman–Crippen MR) is 126 cm³/mol. The minimum atomic E-state index is -1.17. The maximum Gasteiger partial charge on any atom is 0.411 e. The molecule has 1 aliphatic carbocycles. The first-order valence-corrected chi connectivity index (χ1v) is 12.4. The maximum atomic E-state index is 14.0. The van der Waals surface area contributed by atoms with Crippen LogP contribution in [0.25, 0.3) is 0 Å². The summed E-state index contributed by atoms with van der Waals surface area (Å²) in [6, 6.07) is 0.850. The Morgan fingerprint density at radius 2 is 1.64 bits per heavy atom. The third-order valence-corrected chi connectivity index (χ3v) is 6.42. The number of halogens is 2. The molecule has 1 aliphatic heterocycles. The number of benzene rings is 1. The third-order valence-electron chi connectivity index (χ3n) is 6.42. The molecule has 0 unspecified atom stereocenters. The third kappa shape index (κ3) is 6.64. The molecule has 0 aromatic heterocycles. The van der Waals surface area contributed by atoms with E-state index < -0.39 is 41.3 Å². The Hall–Kier alpha value is -2.91. The Balaban J connectivity index is 1.77. The first-order valence-electron chi connectivity index (χ1n) is 12.4. The summed E-state index contributed by atoms with van der Waals surface area (Å²) in [7, 11) is 0.